The Kier molecular flexibility index (Phi) is 5.71. The summed E-state index contributed by atoms with van der Waals surface area (Å²) < 4.78 is 11.5. The lowest BCUT2D eigenvalue weighted by atomic mass is 9.89. The summed E-state index contributed by atoms with van der Waals surface area (Å²) >= 11 is 0. The van der Waals surface area contributed by atoms with E-state index in [0.717, 1.165) is 26.1 Å². The van der Waals surface area contributed by atoms with Crippen LogP contribution in [0.2, 0.25) is 0 Å². The third-order valence-electron chi connectivity index (χ3n) is 4.21. The molecule has 0 unspecified atom stereocenters. The van der Waals surface area contributed by atoms with E-state index in [1.165, 1.54) is 51.4 Å². The predicted molar refractivity (Wildman–Crippen MR) is 74.6 cm³/mol. The van der Waals surface area contributed by atoms with Crippen LogP contribution in [-0.2, 0) is 9.47 Å². The second kappa shape index (κ2) is 7.30. The van der Waals surface area contributed by atoms with Crippen molar-refractivity contribution in [1.82, 2.24) is 0 Å². The molecular formula is C16H28O2. The lowest BCUT2D eigenvalue weighted by Crippen LogP contribution is -2.33. The topological polar surface area (TPSA) is 18.5 Å². The van der Waals surface area contributed by atoms with Gasteiger partial charge in [-0.05, 0) is 25.7 Å². The Morgan fingerprint density at radius 2 is 1.67 bits per heavy atom. The Balaban J connectivity index is 1.60. The van der Waals surface area contributed by atoms with Crippen molar-refractivity contribution in [3.8, 4) is 0 Å². The zero-order chi connectivity index (χ0) is 12.7. The van der Waals surface area contributed by atoms with Crippen molar-refractivity contribution in [3.63, 3.8) is 0 Å². The van der Waals surface area contributed by atoms with E-state index in [4.69, 9.17) is 9.47 Å². The Morgan fingerprint density at radius 1 is 1.00 bits per heavy atom. The molecule has 1 heterocycles. The van der Waals surface area contributed by atoms with Gasteiger partial charge in [-0.2, -0.15) is 0 Å². The minimum absolute atomic E-state index is 0.196. The van der Waals surface area contributed by atoms with E-state index in [0.29, 0.717) is 0 Å². The molecule has 2 nitrogen and oxygen atoms in total. The number of hydrogen-bond donors (Lipinski definition) is 0. The number of rotatable bonds is 6. The Labute approximate surface area is 112 Å². The first-order chi connectivity index (χ1) is 8.85. The van der Waals surface area contributed by atoms with Crippen LogP contribution in [0.5, 0.6) is 0 Å². The summed E-state index contributed by atoms with van der Waals surface area (Å²) in [7, 11) is 0. The molecule has 1 aliphatic heterocycles. The number of ether oxygens (including phenoxy) is 2. The van der Waals surface area contributed by atoms with Crippen LogP contribution in [0, 0.1) is 0 Å². The molecule has 1 spiro atoms. The maximum absolute atomic E-state index is 5.75. The van der Waals surface area contributed by atoms with Crippen LogP contribution in [0.15, 0.2) is 11.6 Å². The second-order valence-electron chi connectivity index (χ2n) is 5.67. The smallest absolute Gasteiger partial charge is 0.169 e. The zero-order valence-corrected chi connectivity index (χ0v) is 11.9. The third-order valence-corrected chi connectivity index (χ3v) is 4.21. The molecule has 104 valence electrons. The van der Waals surface area contributed by atoms with Gasteiger partial charge in [0.15, 0.2) is 5.79 Å². The number of hydrogen-bond acceptors (Lipinski definition) is 2. The fraction of sp³-hybridized carbons (Fsp3) is 0.875. The first-order valence-electron chi connectivity index (χ1n) is 7.80. The highest BCUT2D eigenvalue weighted by atomic mass is 16.7. The van der Waals surface area contributed by atoms with Crippen LogP contribution in [0.25, 0.3) is 0 Å². The monoisotopic (exact) mass is 252 g/mol. The zero-order valence-electron chi connectivity index (χ0n) is 11.9. The van der Waals surface area contributed by atoms with Crippen molar-refractivity contribution in [2.45, 2.75) is 76.9 Å². The minimum Gasteiger partial charge on any atom is -0.348 e. The van der Waals surface area contributed by atoms with Crippen molar-refractivity contribution < 1.29 is 9.47 Å². The molecule has 0 aromatic heterocycles. The van der Waals surface area contributed by atoms with Crippen molar-refractivity contribution in [2.75, 3.05) is 13.2 Å². The largest absolute Gasteiger partial charge is 0.348 e. The molecule has 0 aromatic carbocycles. The summed E-state index contributed by atoms with van der Waals surface area (Å²) in [6.07, 6.45) is 15.1. The highest BCUT2D eigenvalue weighted by molar-refractivity contribution is 5.07. The van der Waals surface area contributed by atoms with Gasteiger partial charge < -0.3 is 9.47 Å². The normalized spacial score (nSPS) is 22.6. The molecule has 18 heavy (non-hydrogen) atoms. The third kappa shape index (κ3) is 4.10. The van der Waals surface area contributed by atoms with Crippen LogP contribution in [0.1, 0.15) is 71.1 Å². The molecule has 0 atom stereocenters. The van der Waals surface area contributed by atoms with Gasteiger partial charge in [0, 0.05) is 12.8 Å². The SMILES string of the molecule is CCCCCCCC=C1CCC2(CC1)OCCO2. The fourth-order valence-corrected chi connectivity index (χ4v) is 3.00. The first-order valence-corrected chi connectivity index (χ1v) is 7.80. The highest BCUT2D eigenvalue weighted by Crippen LogP contribution is 2.38. The average molecular weight is 252 g/mol. The van der Waals surface area contributed by atoms with Gasteiger partial charge in [0.05, 0.1) is 13.2 Å². The lowest BCUT2D eigenvalue weighted by Gasteiger charge is -2.32. The number of unbranched alkanes of at least 4 members (excludes halogenated alkanes) is 5. The summed E-state index contributed by atoms with van der Waals surface area (Å²) in [5.41, 5.74) is 1.63. The molecule has 2 rings (SSSR count). The summed E-state index contributed by atoms with van der Waals surface area (Å²) in [6, 6.07) is 0. The Hall–Kier alpha value is -0.340. The molecule has 1 saturated heterocycles. The lowest BCUT2D eigenvalue weighted by molar-refractivity contribution is -0.171. The van der Waals surface area contributed by atoms with Crippen molar-refractivity contribution in [1.29, 1.82) is 0 Å². The van der Waals surface area contributed by atoms with E-state index >= 15 is 0 Å². The fourth-order valence-electron chi connectivity index (χ4n) is 3.00. The van der Waals surface area contributed by atoms with E-state index in [1.54, 1.807) is 5.57 Å². The van der Waals surface area contributed by atoms with Gasteiger partial charge in [0.1, 0.15) is 0 Å². The van der Waals surface area contributed by atoms with Crippen LogP contribution < -0.4 is 0 Å². The number of allylic oxidation sites excluding steroid dienone is 2. The molecule has 1 saturated carbocycles. The van der Waals surface area contributed by atoms with Crippen molar-refractivity contribution in [2.24, 2.45) is 0 Å². The van der Waals surface area contributed by atoms with E-state index in [-0.39, 0.29) is 5.79 Å². The van der Waals surface area contributed by atoms with E-state index in [9.17, 15) is 0 Å². The minimum atomic E-state index is -0.196. The summed E-state index contributed by atoms with van der Waals surface area (Å²) in [4.78, 5) is 0. The molecule has 1 aliphatic carbocycles. The standard InChI is InChI=1S/C16H28O2/c1-2-3-4-5-6-7-8-15-9-11-16(12-10-15)17-13-14-18-16/h8H,2-7,9-14H2,1H3. The van der Waals surface area contributed by atoms with Gasteiger partial charge in [0.25, 0.3) is 0 Å². The maximum Gasteiger partial charge on any atom is 0.169 e. The Morgan fingerprint density at radius 3 is 2.33 bits per heavy atom. The van der Waals surface area contributed by atoms with Crippen LogP contribution in [0.3, 0.4) is 0 Å². The molecule has 0 N–H and O–H groups in total. The van der Waals surface area contributed by atoms with Gasteiger partial charge in [-0.25, -0.2) is 0 Å². The van der Waals surface area contributed by atoms with Crippen LogP contribution in [0.4, 0.5) is 0 Å². The molecular weight excluding hydrogens is 224 g/mol. The molecule has 2 aliphatic rings. The molecule has 0 bridgehead atoms. The Bertz CT molecular complexity index is 252. The van der Waals surface area contributed by atoms with Gasteiger partial charge in [0.2, 0.25) is 0 Å². The van der Waals surface area contributed by atoms with E-state index < -0.39 is 0 Å². The highest BCUT2D eigenvalue weighted by Gasteiger charge is 2.38. The summed E-state index contributed by atoms with van der Waals surface area (Å²) in [5, 5.41) is 0. The summed E-state index contributed by atoms with van der Waals surface area (Å²) in [5.74, 6) is -0.196. The molecule has 2 fully saturated rings. The van der Waals surface area contributed by atoms with Crippen LogP contribution >= 0.6 is 0 Å². The quantitative estimate of drug-likeness (QED) is 0.508. The van der Waals surface area contributed by atoms with E-state index in [2.05, 4.69) is 13.0 Å². The van der Waals surface area contributed by atoms with Gasteiger partial charge >= 0.3 is 0 Å². The van der Waals surface area contributed by atoms with Crippen molar-refractivity contribution >= 4 is 0 Å². The van der Waals surface area contributed by atoms with Gasteiger partial charge in [-0.1, -0.05) is 44.3 Å². The van der Waals surface area contributed by atoms with Crippen LogP contribution in [-0.4, -0.2) is 19.0 Å². The summed E-state index contributed by atoms with van der Waals surface area (Å²) in [6.45, 7) is 3.85. The predicted octanol–water partition coefficient (Wildman–Crippen LogP) is 4.59. The van der Waals surface area contributed by atoms with E-state index in [1.807, 2.05) is 0 Å². The average Bonchev–Trinajstić information content (AvgIpc) is 2.85. The maximum atomic E-state index is 5.75. The first kappa shape index (κ1) is 14.1. The van der Waals surface area contributed by atoms with Crippen molar-refractivity contribution in [3.05, 3.63) is 11.6 Å². The molecule has 0 amide bonds. The van der Waals surface area contributed by atoms with Gasteiger partial charge in [-0.3, -0.25) is 0 Å². The molecule has 0 radical (unpaired) electrons. The molecule has 0 aromatic rings. The second-order valence-corrected chi connectivity index (χ2v) is 5.67. The van der Waals surface area contributed by atoms with Gasteiger partial charge in [-0.15, -0.1) is 0 Å². The molecule has 2 heteroatoms.